The summed E-state index contributed by atoms with van der Waals surface area (Å²) in [6.07, 6.45) is -0.679. The predicted octanol–water partition coefficient (Wildman–Crippen LogP) is 4.11. The van der Waals surface area contributed by atoms with Gasteiger partial charge in [-0.05, 0) is 29.8 Å². The number of hydrogen-bond acceptors (Lipinski definition) is 2. The first-order valence-electron chi connectivity index (χ1n) is 6.26. The predicted molar refractivity (Wildman–Crippen MR) is 74.8 cm³/mol. The van der Waals surface area contributed by atoms with Crippen molar-refractivity contribution in [2.75, 3.05) is 5.32 Å². The average Bonchev–Trinajstić information content (AvgIpc) is 2.93. The molecule has 0 fully saturated rings. The number of H-pyrrole nitrogens is 1. The molecular weight excluding hydrogens is 260 g/mol. The summed E-state index contributed by atoms with van der Waals surface area (Å²) in [5, 5.41) is 11.1. The lowest BCUT2D eigenvalue weighted by Crippen LogP contribution is -2.00. The minimum atomic E-state index is -2.43. The Labute approximate surface area is 114 Å². The normalized spacial score (nSPS) is 11.2. The van der Waals surface area contributed by atoms with Crippen LogP contribution in [-0.4, -0.2) is 10.2 Å². The van der Waals surface area contributed by atoms with Crippen LogP contribution >= 0.6 is 0 Å². The number of fused-ring (bicyclic) bond motifs is 1. The summed E-state index contributed by atoms with van der Waals surface area (Å²) >= 11 is 0. The van der Waals surface area contributed by atoms with Crippen LogP contribution in [0.1, 0.15) is 17.6 Å². The van der Waals surface area contributed by atoms with E-state index in [0.717, 1.165) is 22.2 Å². The maximum Gasteiger partial charge on any atom is 0.263 e. The van der Waals surface area contributed by atoms with Crippen molar-refractivity contribution >= 4 is 16.6 Å². The highest BCUT2D eigenvalue weighted by Crippen LogP contribution is 2.21. The Morgan fingerprint density at radius 1 is 1.15 bits per heavy atom. The molecule has 20 heavy (non-hydrogen) atoms. The molecule has 2 aromatic carbocycles. The molecule has 1 heterocycles. The van der Waals surface area contributed by atoms with Gasteiger partial charge >= 0.3 is 0 Å². The summed E-state index contributed by atoms with van der Waals surface area (Å²) in [4.78, 5) is 0. The molecule has 0 atom stereocenters. The number of halogens is 2. The van der Waals surface area contributed by atoms with Crippen LogP contribution in [0.3, 0.4) is 0 Å². The van der Waals surface area contributed by atoms with E-state index in [0.29, 0.717) is 6.54 Å². The van der Waals surface area contributed by atoms with Crippen LogP contribution in [-0.2, 0) is 6.54 Å². The summed E-state index contributed by atoms with van der Waals surface area (Å²) in [7, 11) is 0. The van der Waals surface area contributed by atoms with E-state index in [9.17, 15) is 8.78 Å². The summed E-state index contributed by atoms with van der Waals surface area (Å²) in [5.41, 5.74) is 2.74. The van der Waals surface area contributed by atoms with Crippen molar-refractivity contribution in [1.82, 2.24) is 10.2 Å². The number of anilines is 1. The Balaban J connectivity index is 1.73. The smallest absolute Gasteiger partial charge is 0.263 e. The molecular formula is C15H13F2N3. The van der Waals surface area contributed by atoms with E-state index < -0.39 is 6.43 Å². The third kappa shape index (κ3) is 2.61. The molecule has 0 unspecified atom stereocenters. The number of benzene rings is 2. The number of alkyl halides is 2. The monoisotopic (exact) mass is 273 g/mol. The highest BCUT2D eigenvalue weighted by atomic mass is 19.3. The number of rotatable bonds is 4. The number of nitrogens with zero attached hydrogens (tertiary/aromatic N) is 1. The van der Waals surface area contributed by atoms with E-state index in [-0.39, 0.29) is 5.56 Å². The number of aromatic nitrogens is 2. The molecule has 5 heteroatoms. The first-order chi connectivity index (χ1) is 9.72. The molecule has 0 aliphatic carbocycles. The minimum Gasteiger partial charge on any atom is -0.381 e. The van der Waals surface area contributed by atoms with Gasteiger partial charge in [0.15, 0.2) is 0 Å². The van der Waals surface area contributed by atoms with E-state index >= 15 is 0 Å². The van der Waals surface area contributed by atoms with Gasteiger partial charge in [-0.25, -0.2) is 8.78 Å². The second kappa shape index (κ2) is 5.28. The van der Waals surface area contributed by atoms with Gasteiger partial charge in [-0.1, -0.05) is 18.2 Å². The maximum atomic E-state index is 12.6. The van der Waals surface area contributed by atoms with Gasteiger partial charge in [-0.2, -0.15) is 5.10 Å². The van der Waals surface area contributed by atoms with Crippen LogP contribution < -0.4 is 5.32 Å². The quantitative estimate of drug-likeness (QED) is 0.751. The molecule has 0 saturated heterocycles. The highest BCUT2D eigenvalue weighted by molar-refractivity contribution is 5.81. The van der Waals surface area contributed by atoms with Crippen LogP contribution in [0, 0.1) is 0 Å². The third-order valence-electron chi connectivity index (χ3n) is 3.14. The first kappa shape index (κ1) is 12.6. The molecule has 0 spiro atoms. The summed E-state index contributed by atoms with van der Waals surface area (Å²) in [6.45, 7) is 0.500. The lowest BCUT2D eigenvalue weighted by molar-refractivity contribution is 0.151. The summed E-state index contributed by atoms with van der Waals surface area (Å²) in [5.74, 6) is 0. The molecule has 3 nitrogen and oxygen atoms in total. The molecule has 102 valence electrons. The maximum absolute atomic E-state index is 12.6. The third-order valence-corrected chi connectivity index (χ3v) is 3.14. The van der Waals surface area contributed by atoms with Crippen molar-refractivity contribution in [1.29, 1.82) is 0 Å². The average molecular weight is 273 g/mol. The van der Waals surface area contributed by atoms with E-state index in [1.807, 2.05) is 24.3 Å². The number of nitrogens with one attached hydrogen (secondary N) is 2. The topological polar surface area (TPSA) is 40.7 Å². The molecule has 0 radical (unpaired) electrons. The van der Waals surface area contributed by atoms with Crippen molar-refractivity contribution in [3.8, 4) is 0 Å². The van der Waals surface area contributed by atoms with E-state index in [1.54, 1.807) is 12.3 Å². The molecule has 3 rings (SSSR count). The van der Waals surface area contributed by atoms with Crippen LogP contribution in [0.4, 0.5) is 14.5 Å². The van der Waals surface area contributed by atoms with Crippen molar-refractivity contribution < 1.29 is 8.78 Å². The Kier molecular flexibility index (Phi) is 3.33. The van der Waals surface area contributed by atoms with Gasteiger partial charge < -0.3 is 5.32 Å². The van der Waals surface area contributed by atoms with Crippen molar-refractivity contribution in [2.24, 2.45) is 0 Å². The van der Waals surface area contributed by atoms with Gasteiger partial charge in [0, 0.05) is 23.2 Å². The molecule has 0 aliphatic heterocycles. The van der Waals surface area contributed by atoms with Gasteiger partial charge in [0.1, 0.15) is 0 Å². The van der Waals surface area contributed by atoms with Crippen molar-refractivity contribution in [2.45, 2.75) is 13.0 Å². The number of aromatic amines is 1. The lowest BCUT2D eigenvalue weighted by atomic mass is 10.1. The zero-order valence-corrected chi connectivity index (χ0v) is 10.6. The van der Waals surface area contributed by atoms with Gasteiger partial charge in [0.2, 0.25) is 0 Å². The molecule has 0 aliphatic rings. The van der Waals surface area contributed by atoms with E-state index in [4.69, 9.17) is 0 Å². The largest absolute Gasteiger partial charge is 0.381 e. The Hall–Kier alpha value is -2.43. The SMILES string of the molecule is FC(F)c1cccc(CNc2ccc3cn[nH]c3c2)c1. The minimum absolute atomic E-state index is 0.0494. The summed E-state index contributed by atoms with van der Waals surface area (Å²) in [6, 6.07) is 12.3. The molecule has 0 saturated carbocycles. The second-order valence-corrected chi connectivity index (χ2v) is 4.57. The van der Waals surface area contributed by atoms with Crippen molar-refractivity contribution in [3.05, 3.63) is 59.8 Å². The second-order valence-electron chi connectivity index (χ2n) is 4.57. The summed E-state index contributed by atoms with van der Waals surface area (Å²) < 4.78 is 25.2. The zero-order chi connectivity index (χ0) is 13.9. The Bertz CT molecular complexity index is 722. The van der Waals surface area contributed by atoms with Gasteiger partial charge in [-0.15, -0.1) is 0 Å². The Morgan fingerprint density at radius 2 is 2.05 bits per heavy atom. The molecule has 2 N–H and O–H groups in total. The van der Waals surface area contributed by atoms with Crippen LogP contribution in [0.2, 0.25) is 0 Å². The Morgan fingerprint density at radius 3 is 2.90 bits per heavy atom. The van der Waals surface area contributed by atoms with E-state index in [1.165, 1.54) is 12.1 Å². The zero-order valence-electron chi connectivity index (χ0n) is 10.6. The van der Waals surface area contributed by atoms with Crippen LogP contribution in [0.15, 0.2) is 48.7 Å². The van der Waals surface area contributed by atoms with Crippen LogP contribution in [0.25, 0.3) is 10.9 Å². The highest BCUT2D eigenvalue weighted by Gasteiger charge is 2.06. The standard InChI is InChI=1S/C15H13F2N3/c16-15(17)11-3-1-2-10(6-11)8-18-13-5-4-12-9-19-20-14(12)7-13/h1-7,9,15,18H,8H2,(H,19,20). The van der Waals surface area contributed by atoms with Gasteiger partial charge in [0.05, 0.1) is 11.7 Å². The first-order valence-corrected chi connectivity index (χ1v) is 6.26. The fourth-order valence-electron chi connectivity index (χ4n) is 2.09. The molecule has 3 aromatic rings. The molecule has 1 aromatic heterocycles. The fourth-order valence-corrected chi connectivity index (χ4v) is 2.09. The van der Waals surface area contributed by atoms with Gasteiger partial charge in [-0.3, -0.25) is 5.10 Å². The van der Waals surface area contributed by atoms with Crippen LogP contribution in [0.5, 0.6) is 0 Å². The molecule has 0 bridgehead atoms. The fraction of sp³-hybridized carbons (Fsp3) is 0.133. The van der Waals surface area contributed by atoms with Gasteiger partial charge in [0.25, 0.3) is 6.43 Å². The van der Waals surface area contributed by atoms with E-state index in [2.05, 4.69) is 15.5 Å². The van der Waals surface area contributed by atoms with Crippen molar-refractivity contribution in [3.63, 3.8) is 0 Å². The number of hydrogen-bond donors (Lipinski definition) is 2. The lowest BCUT2D eigenvalue weighted by Gasteiger charge is -2.08. The molecule has 0 amide bonds.